The summed E-state index contributed by atoms with van der Waals surface area (Å²) in [5.74, 6) is -0.253. The molecule has 36 heavy (non-hydrogen) atoms. The van der Waals surface area contributed by atoms with E-state index < -0.39 is 38.4 Å². The number of carbonyl (C=O) groups excluding carboxylic acids is 1. The van der Waals surface area contributed by atoms with Gasteiger partial charge in [0.05, 0.1) is 16.0 Å². The molecular weight excluding hydrogens is 514 g/mol. The highest BCUT2D eigenvalue weighted by Gasteiger charge is 2.40. The third kappa shape index (κ3) is 7.56. The van der Waals surface area contributed by atoms with Gasteiger partial charge in [0.15, 0.2) is 0 Å². The first-order chi connectivity index (χ1) is 16.8. The standard InChI is InChI=1S/C22H24F6N4O3S/c23-21(24,25)16-5-8-18(22(26,27)28)19(10-16)36(34,35)31-13-14-3-6-17(7-4-14)32-20(33)30-12-15-2-1-9-29-11-15/h1-2,5,8-11,14,17,31H,3-4,6-7,12-13H2,(H2,30,32,33). The molecule has 2 aromatic rings. The van der Waals surface area contributed by atoms with Crippen molar-refractivity contribution in [3.63, 3.8) is 0 Å². The van der Waals surface area contributed by atoms with Gasteiger partial charge in [-0.15, -0.1) is 0 Å². The van der Waals surface area contributed by atoms with E-state index in [1.54, 1.807) is 24.5 Å². The zero-order valence-electron chi connectivity index (χ0n) is 18.8. The molecule has 0 spiro atoms. The number of halogens is 6. The van der Waals surface area contributed by atoms with Crippen molar-refractivity contribution in [1.29, 1.82) is 0 Å². The van der Waals surface area contributed by atoms with Gasteiger partial charge >= 0.3 is 18.4 Å². The quantitative estimate of drug-likeness (QED) is 0.454. The molecule has 198 valence electrons. The molecule has 2 amide bonds. The largest absolute Gasteiger partial charge is 0.417 e. The Morgan fingerprint density at radius 1 is 1.00 bits per heavy atom. The molecule has 14 heteroatoms. The van der Waals surface area contributed by atoms with E-state index in [1.165, 1.54) is 0 Å². The zero-order chi connectivity index (χ0) is 26.6. The second-order valence-corrected chi connectivity index (χ2v) is 10.2. The Morgan fingerprint density at radius 3 is 2.28 bits per heavy atom. The molecule has 1 aliphatic carbocycles. The van der Waals surface area contributed by atoms with E-state index in [0.717, 1.165) is 5.56 Å². The zero-order valence-corrected chi connectivity index (χ0v) is 19.6. The van der Waals surface area contributed by atoms with E-state index in [0.29, 0.717) is 25.7 Å². The van der Waals surface area contributed by atoms with E-state index in [9.17, 15) is 39.6 Å². The maximum Gasteiger partial charge on any atom is 0.417 e. The van der Waals surface area contributed by atoms with E-state index in [-0.39, 0.29) is 49.3 Å². The van der Waals surface area contributed by atoms with Crippen LogP contribution in [-0.2, 0) is 28.9 Å². The maximum atomic E-state index is 13.3. The summed E-state index contributed by atoms with van der Waals surface area (Å²) >= 11 is 0. The summed E-state index contributed by atoms with van der Waals surface area (Å²) in [7, 11) is -4.88. The Morgan fingerprint density at radius 2 is 1.69 bits per heavy atom. The van der Waals surface area contributed by atoms with Gasteiger partial charge in [-0.25, -0.2) is 17.9 Å². The molecule has 1 heterocycles. The number of sulfonamides is 1. The van der Waals surface area contributed by atoms with Gasteiger partial charge in [-0.1, -0.05) is 6.07 Å². The summed E-state index contributed by atoms with van der Waals surface area (Å²) in [6, 6.07) is 3.30. The number of pyridine rings is 1. The predicted molar refractivity (Wildman–Crippen MR) is 117 cm³/mol. The van der Waals surface area contributed by atoms with Gasteiger partial charge in [0.25, 0.3) is 0 Å². The van der Waals surface area contributed by atoms with E-state index >= 15 is 0 Å². The molecule has 0 bridgehead atoms. The van der Waals surface area contributed by atoms with Crippen LogP contribution in [0.1, 0.15) is 42.4 Å². The molecular formula is C22H24F6N4O3S. The van der Waals surface area contributed by atoms with Gasteiger partial charge in [-0.3, -0.25) is 4.98 Å². The fraction of sp³-hybridized carbons (Fsp3) is 0.455. The van der Waals surface area contributed by atoms with Crippen LogP contribution in [0.5, 0.6) is 0 Å². The van der Waals surface area contributed by atoms with Gasteiger partial charge in [0.1, 0.15) is 0 Å². The van der Waals surface area contributed by atoms with Crippen LogP contribution in [0, 0.1) is 5.92 Å². The molecule has 3 N–H and O–H groups in total. The first-order valence-corrected chi connectivity index (χ1v) is 12.5. The Kier molecular flexibility index (Phi) is 8.49. The minimum absolute atomic E-state index is 0.00387. The van der Waals surface area contributed by atoms with Crippen molar-refractivity contribution < 1.29 is 39.6 Å². The topological polar surface area (TPSA) is 100 Å². The van der Waals surface area contributed by atoms with E-state index in [2.05, 4.69) is 15.6 Å². The van der Waals surface area contributed by atoms with Crippen molar-refractivity contribution in [3.8, 4) is 0 Å². The Bertz CT molecular complexity index is 1150. The summed E-state index contributed by atoms with van der Waals surface area (Å²) in [5.41, 5.74) is -2.35. The normalized spacial score (nSPS) is 19.1. The predicted octanol–water partition coefficient (Wildman–Crippen LogP) is 4.46. The summed E-state index contributed by atoms with van der Waals surface area (Å²) in [6.45, 7) is 0.0437. The fourth-order valence-corrected chi connectivity index (χ4v) is 5.26. The van der Waals surface area contributed by atoms with Crippen LogP contribution in [0.25, 0.3) is 0 Å². The van der Waals surface area contributed by atoms with Crippen LogP contribution in [0.3, 0.4) is 0 Å². The minimum atomic E-state index is -5.16. The molecule has 0 atom stereocenters. The number of hydrogen-bond donors (Lipinski definition) is 3. The van der Waals surface area contributed by atoms with Gasteiger partial charge in [0, 0.05) is 31.5 Å². The summed E-state index contributed by atoms with van der Waals surface area (Å²) in [6.07, 6.45) is -5.01. The lowest BCUT2D eigenvalue weighted by molar-refractivity contribution is -0.143. The minimum Gasteiger partial charge on any atom is -0.335 e. The van der Waals surface area contributed by atoms with Crippen LogP contribution in [0.2, 0.25) is 0 Å². The van der Waals surface area contributed by atoms with Gasteiger partial charge in [-0.05, 0) is 61.4 Å². The van der Waals surface area contributed by atoms with Crippen LogP contribution in [-0.4, -0.2) is 32.0 Å². The number of aromatic nitrogens is 1. The summed E-state index contributed by atoms with van der Waals surface area (Å²) < 4.78 is 106. The van der Waals surface area contributed by atoms with Crippen molar-refractivity contribution in [3.05, 3.63) is 59.4 Å². The first kappa shape index (κ1) is 27.7. The molecule has 1 aromatic heterocycles. The Balaban J connectivity index is 1.55. The van der Waals surface area contributed by atoms with Crippen LogP contribution in [0.4, 0.5) is 31.1 Å². The fourth-order valence-electron chi connectivity index (χ4n) is 3.89. The van der Waals surface area contributed by atoms with Crippen molar-refractivity contribution in [2.75, 3.05) is 6.54 Å². The van der Waals surface area contributed by atoms with Crippen LogP contribution in [0.15, 0.2) is 47.6 Å². The molecule has 3 rings (SSSR count). The smallest absolute Gasteiger partial charge is 0.335 e. The van der Waals surface area contributed by atoms with E-state index in [4.69, 9.17) is 0 Å². The number of hydrogen-bond acceptors (Lipinski definition) is 4. The van der Waals surface area contributed by atoms with Gasteiger partial charge in [-0.2, -0.15) is 26.3 Å². The number of rotatable bonds is 7. The molecule has 0 saturated heterocycles. The number of nitrogens with zero attached hydrogens (tertiary/aromatic N) is 1. The molecule has 0 radical (unpaired) electrons. The van der Waals surface area contributed by atoms with Gasteiger partial charge in [0.2, 0.25) is 10.0 Å². The van der Waals surface area contributed by atoms with Crippen molar-refractivity contribution in [2.24, 2.45) is 5.92 Å². The number of benzene rings is 1. The summed E-state index contributed by atoms with van der Waals surface area (Å²) in [5, 5.41) is 5.51. The van der Waals surface area contributed by atoms with Gasteiger partial charge < -0.3 is 10.6 Å². The second-order valence-electron chi connectivity index (χ2n) is 8.46. The number of amides is 2. The second kappa shape index (κ2) is 11.0. The molecule has 0 aliphatic heterocycles. The number of alkyl halides is 6. The highest BCUT2D eigenvalue weighted by atomic mass is 32.2. The molecule has 7 nitrogen and oxygen atoms in total. The number of carbonyl (C=O) groups is 1. The monoisotopic (exact) mass is 538 g/mol. The number of nitrogens with one attached hydrogen (secondary N) is 3. The lowest BCUT2D eigenvalue weighted by atomic mass is 9.86. The molecule has 1 aromatic carbocycles. The van der Waals surface area contributed by atoms with Crippen molar-refractivity contribution >= 4 is 16.1 Å². The van der Waals surface area contributed by atoms with E-state index in [1.807, 2.05) is 4.72 Å². The average Bonchev–Trinajstić information content (AvgIpc) is 2.81. The first-order valence-electron chi connectivity index (χ1n) is 11.0. The summed E-state index contributed by atoms with van der Waals surface area (Å²) in [4.78, 5) is 14.6. The molecule has 1 fully saturated rings. The third-order valence-electron chi connectivity index (χ3n) is 5.82. The van der Waals surface area contributed by atoms with Crippen LogP contribution < -0.4 is 15.4 Å². The SMILES string of the molecule is O=C(NCc1cccnc1)NC1CCC(CNS(=O)(=O)c2cc(C(F)(F)F)ccc2C(F)(F)F)CC1. The highest BCUT2D eigenvalue weighted by molar-refractivity contribution is 7.89. The van der Waals surface area contributed by atoms with Crippen molar-refractivity contribution in [2.45, 2.75) is 55.5 Å². The molecule has 1 saturated carbocycles. The van der Waals surface area contributed by atoms with Crippen LogP contribution >= 0.6 is 0 Å². The maximum absolute atomic E-state index is 13.3. The number of urea groups is 1. The Hall–Kier alpha value is -2.87. The van der Waals surface area contributed by atoms with Crippen molar-refractivity contribution in [1.82, 2.24) is 20.3 Å². The Labute approximate surface area is 203 Å². The lowest BCUT2D eigenvalue weighted by Gasteiger charge is -2.29. The molecule has 0 unspecified atom stereocenters. The average molecular weight is 539 g/mol. The molecule has 1 aliphatic rings. The third-order valence-corrected chi connectivity index (χ3v) is 7.29. The highest BCUT2D eigenvalue weighted by Crippen LogP contribution is 2.38. The lowest BCUT2D eigenvalue weighted by Crippen LogP contribution is -2.44.